The Morgan fingerprint density at radius 1 is 1.75 bits per heavy atom. The van der Waals surface area contributed by atoms with Gasteiger partial charge in [-0.3, -0.25) is 4.68 Å². The highest BCUT2D eigenvalue weighted by Crippen LogP contribution is 2.06. The highest BCUT2D eigenvalue weighted by atomic mass is 16.4. The number of aliphatic carboxylic acids is 1. The second-order valence-corrected chi connectivity index (χ2v) is 2.52. The number of rotatable bonds is 2. The summed E-state index contributed by atoms with van der Waals surface area (Å²) in [6.45, 7) is 1.83. The molecular weight excluding hydrogens is 156 g/mol. The lowest BCUT2D eigenvalue weighted by Crippen LogP contribution is -1.86. The Balaban J connectivity index is 2.89. The molecule has 0 saturated carbocycles. The molecule has 1 aromatic rings. The minimum Gasteiger partial charge on any atom is -0.478 e. The number of nitrogens with zero attached hydrogens (tertiary/aromatic N) is 2. The van der Waals surface area contributed by atoms with E-state index < -0.39 is 5.97 Å². The van der Waals surface area contributed by atoms with Gasteiger partial charge in [-0.25, -0.2) is 4.79 Å². The monoisotopic (exact) mass is 166 g/mol. The van der Waals surface area contributed by atoms with Crippen LogP contribution in [0.4, 0.5) is 0 Å². The molecule has 0 unspecified atom stereocenters. The van der Waals surface area contributed by atoms with Crippen LogP contribution in [0, 0.1) is 6.92 Å². The van der Waals surface area contributed by atoms with Crippen LogP contribution in [0.3, 0.4) is 0 Å². The van der Waals surface area contributed by atoms with Gasteiger partial charge in [-0.2, -0.15) is 5.10 Å². The van der Waals surface area contributed by atoms with Crippen molar-refractivity contribution in [2.24, 2.45) is 7.05 Å². The second-order valence-electron chi connectivity index (χ2n) is 2.52. The predicted molar refractivity (Wildman–Crippen MR) is 44.6 cm³/mol. The summed E-state index contributed by atoms with van der Waals surface area (Å²) in [5, 5.41) is 12.4. The van der Waals surface area contributed by atoms with Gasteiger partial charge in [0.1, 0.15) is 0 Å². The Kier molecular flexibility index (Phi) is 2.28. The quantitative estimate of drug-likeness (QED) is 0.662. The maximum atomic E-state index is 10.2. The first kappa shape index (κ1) is 8.52. The molecule has 12 heavy (non-hydrogen) atoms. The summed E-state index contributed by atoms with van der Waals surface area (Å²) in [6, 6.07) is 0. The molecule has 0 aliphatic carbocycles. The first-order valence-electron chi connectivity index (χ1n) is 3.51. The molecule has 1 rings (SSSR count). The van der Waals surface area contributed by atoms with E-state index in [-0.39, 0.29) is 0 Å². The molecule has 0 aromatic carbocycles. The third-order valence-corrected chi connectivity index (χ3v) is 1.46. The SMILES string of the molecule is Cc1nn(C)cc1C=CC(=O)O. The van der Waals surface area contributed by atoms with Crippen molar-refractivity contribution in [3.05, 3.63) is 23.5 Å². The standard InChI is InChI=1S/C8H10N2O2/c1-6-7(3-4-8(11)12)5-10(2)9-6/h3-5H,1-2H3,(H,11,12). The van der Waals surface area contributed by atoms with Gasteiger partial charge in [0.25, 0.3) is 0 Å². The fraction of sp³-hybridized carbons (Fsp3) is 0.250. The molecule has 1 heterocycles. The van der Waals surface area contributed by atoms with Crippen LogP contribution < -0.4 is 0 Å². The predicted octanol–water partition coefficient (Wildman–Crippen LogP) is 0.826. The van der Waals surface area contributed by atoms with Crippen LogP contribution in [-0.4, -0.2) is 20.9 Å². The topological polar surface area (TPSA) is 55.1 Å². The molecule has 0 aliphatic heterocycles. The van der Waals surface area contributed by atoms with E-state index in [4.69, 9.17) is 5.11 Å². The Labute approximate surface area is 70.1 Å². The van der Waals surface area contributed by atoms with E-state index in [1.807, 2.05) is 6.92 Å². The number of aromatic nitrogens is 2. The van der Waals surface area contributed by atoms with Gasteiger partial charge in [0.05, 0.1) is 5.69 Å². The van der Waals surface area contributed by atoms with E-state index in [2.05, 4.69) is 5.10 Å². The average molecular weight is 166 g/mol. The minimum atomic E-state index is -0.946. The Hall–Kier alpha value is -1.58. The van der Waals surface area contributed by atoms with Crippen LogP contribution in [0.1, 0.15) is 11.3 Å². The molecule has 0 bridgehead atoms. The normalized spacial score (nSPS) is 10.8. The summed E-state index contributed by atoms with van der Waals surface area (Å²) >= 11 is 0. The third-order valence-electron chi connectivity index (χ3n) is 1.46. The smallest absolute Gasteiger partial charge is 0.328 e. The molecule has 0 fully saturated rings. The molecule has 1 N–H and O–H groups in total. The minimum absolute atomic E-state index is 0.829. The maximum absolute atomic E-state index is 10.2. The van der Waals surface area contributed by atoms with E-state index in [9.17, 15) is 4.79 Å². The van der Waals surface area contributed by atoms with Crippen molar-refractivity contribution < 1.29 is 9.90 Å². The van der Waals surface area contributed by atoms with Gasteiger partial charge in [-0.05, 0) is 13.0 Å². The number of aryl methyl sites for hydroxylation is 2. The van der Waals surface area contributed by atoms with E-state index in [0.717, 1.165) is 17.3 Å². The lowest BCUT2D eigenvalue weighted by Gasteiger charge is -1.83. The van der Waals surface area contributed by atoms with E-state index in [0.29, 0.717) is 0 Å². The van der Waals surface area contributed by atoms with Crippen molar-refractivity contribution in [1.82, 2.24) is 9.78 Å². The second kappa shape index (κ2) is 3.21. The highest BCUT2D eigenvalue weighted by molar-refractivity contribution is 5.85. The zero-order valence-corrected chi connectivity index (χ0v) is 6.98. The van der Waals surface area contributed by atoms with Crippen molar-refractivity contribution in [3.8, 4) is 0 Å². The molecule has 0 amide bonds. The van der Waals surface area contributed by atoms with Crippen LogP contribution >= 0.6 is 0 Å². The molecule has 0 saturated heterocycles. The number of carboxylic acid groups (broad SMARTS) is 1. The fourth-order valence-electron chi connectivity index (χ4n) is 0.943. The zero-order valence-electron chi connectivity index (χ0n) is 6.98. The van der Waals surface area contributed by atoms with E-state index in [1.54, 1.807) is 17.9 Å². The number of hydrogen-bond donors (Lipinski definition) is 1. The molecule has 0 aliphatic rings. The summed E-state index contributed by atoms with van der Waals surface area (Å²) in [5.74, 6) is -0.946. The molecule has 0 atom stereocenters. The van der Waals surface area contributed by atoms with Crippen LogP contribution in [0.2, 0.25) is 0 Å². The third kappa shape index (κ3) is 1.95. The lowest BCUT2D eigenvalue weighted by atomic mass is 10.2. The Morgan fingerprint density at radius 2 is 2.42 bits per heavy atom. The van der Waals surface area contributed by atoms with Crippen molar-refractivity contribution >= 4 is 12.0 Å². The largest absolute Gasteiger partial charge is 0.478 e. The molecule has 4 nitrogen and oxygen atoms in total. The summed E-state index contributed by atoms with van der Waals surface area (Å²) in [4.78, 5) is 10.2. The molecule has 0 radical (unpaired) electrons. The molecular formula is C8H10N2O2. The summed E-state index contributed by atoms with van der Waals surface area (Å²) in [5.41, 5.74) is 1.66. The van der Waals surface area contributed by atoms with Crippen molar-refractivity contribution in [1.29, 1.82) is 0 Å². The molecule has 4 heteroatoms. The van der Waals surface area contributed by atoms with E-state index in [1.165, 1.54) is 6.08 Å². The maximum Gasteiger partial charge on any atom is 0.328 e. The fourth-order valence-corrected chi connectivity index (χ4v) is 0.943. The zero-order chi connectivity index (χ0) is 9.14. The molecule has 64 valence electrons. The number of hydrogen-bond acceptors (Lipinski definition) is 2. The highest BCUT2D eigenvalue weighted by Gasteiger charge is 1.98. The van der Waals surface area contributed by atoms with Gasteiger partial charge < -0.3 is 5.11 Å². The van der Waals surface area contributed by atoms with Gasteiger partial charge in [0.15, 0.2) is 0 Å². The first-order valence-corrected chi connectivity index (χ1v) is 3.51. The number of carboxylic acids is 1. The average Bonchev–Trinajstić information content (AvgIpc) is 2.26. The van der Waals surface area contributed by atoms with Crippen molar-refractivity contribution in [2.75, 3.05) is 0 Å². The van der Waals surface area contributed by atoms with Gasteiger partial charge in [-0.15, -0.1) is 0 Å². The van der Waals surface area contributed by atoms with Crippen molar-refractivity contribution in [2.45, 2.75) is 6.92 Å². The Bertz CT molecular complexity index is 326. The number of carbonyl (C=O) groups is 1. The molecule has 0 spiro atoms. The first-order chi connectivity index (χ1) is 5.59. The lowest BCUT2D eigenvalue weighted by molar-refractivity contribution is -0.131. The van der Waals surface area contributed by atoms with Crippen LogP contribution in [0.5, 0.6) is 0 Å². The van der Waals surface area contributed by atoms with Gasteiger partial charge in [-0.1, -0.05) is 0 Å². The summed E-state index contributed by atoms with van der Waals surface area (Å²) in [7, 11) is 1.80. The van der Waals surface area contributed by atoms with Crippen LogP contribution in [0.25, 0.3) is 6.08 Å². The summed E-state index contributed by atoms with van der Waals surface area (Å²) < 4.78 is 1.65. The van der Waals surface area contributed by atoms with Gasteiger partial charge in [0.2, 0.25) is 0 Å². The van der Waals surface area contributed by atoms with E-state index >= 15 is 0 Å². The van der Waals surface area contributed by atoms with Gasteiger partial charge >= 0.3 is 5.97 Å². The van der Waals surface area contributed by atoms with Gasteiger partial charge in [0, 0.05) is 24.9 Å². The summed E-state index contributed by atoms with van der Waals surface area (Å²) in [6.07, 6.45) is 4.41. The van der Waals surface area contributed by atoms with Crippen LogP contribution in [0.15, 0.2) is 12.3 Å². The van der Waals surface area contributed by atoms with Crippen molar-refractivity contribution in [3.63, 3.8) is 0 Å². The Morgan fingerprint density at radius 3 is 2.83 bits per heavy atom. The molecule has 1 aromatic heterocycles. The van der Waals surface area contributed by atoms with Crippen LogP contribution in [-0.2, 0) is 11.8 Å².